The first-order valence-electron chi connectivity index (χ1n) is 17.0. The van der Waals surface area contributed by atoms with Gasteiger partial charge in [0.15, 0.2) is 5.54 Å². The highest BCUT2D eigenvalue weighted by atomic mass is 32.2. The number of benzene rings is 3. The molecule has 0 aliphatic carbocycles. The maximum Gasteiger partial charge on any atom is 0.273 e. The number of nitriles is 1. The fraction of sp³-hybridized carbons (Fsp3) is 0.282. The highest BCUT2D eigenvalue weighted by molar-refractivity contribution is 7.93. The average molecular weight is 719 g/mol. The van der Waals surface area contributed by atoms with Gasteiger partial charge in [-0.15, -0.1) is 0 Å². The molecule has 0 radical (unpaired) electrons. The summed E-state index contributed by atoms with van der Waals surface area (Å²) in [5.41, 5.74) is 1.60. The van der Waals surface area contributed by atoms with Crippen LogP contribution in [-0.4, -0.2) is 76.2 Å². The van der Waals surface area contributed by atoms with Crippen molar-refractivity contribution in [3.05, 3.63) is 108 Å². The Morgan fingerprint density at radius 1 is 0.865 bits per heavy atom. The maximum absolute atomic E-state index is 15.7. The van der Waals surface area contributed by atoms with E-state index in [0.29, 0.717) is 59.9 Å². The highest BCUT2D eigenvalue weighted by Crippen LogP contribution is 2.54. The standard InChI is InChI=1S/C39H38N6O6S/c1-5-27-23-28(15-17-41-27)43-18-20-44(21-19-43)39(32-24-29(49-3)10-12-35(32)51-6-2)31-22-26(25-40)9-11-33(31)45(38(39)46)52(47,48)36-14-13-34(50-4)30-8-7-16-42-37(30)36/h7-17,22-24H,5-6,18-21H2,1-4H3. The second-order valence-corrected chi connectivity index (χ2v) is 14.2. The molecule has 12 nitrogen and oxygen atoms in total. The minimum Gasteiger partial charge on any atom is -0.497 e. The molecule has 0 saturated carbocycles. The number of carbonyl (C=O) groups is 1. The summed E-state index contributed by atoms with van der Waals surface area (Å²) in [6.07, 6.45) is 4.09. The average Bonchev–Trinajstić information content (AvgIpc) is 3.45. The van der Waals surface area contributed by atoms with Crippen LogP contribution in [0.2, 0.25) is 0 Å². The summed E-state index contributed by atoms with van der Waals surface area (Å²) >= 11 is 0. The fourth-order valence-electron chi connectivity index (χ4n) is 7.38. The Morgan fingerprint density at radius 2 is 1.65 bits per heavy atom. The number of methoxy groups -OCH3 is 2. The molecule has 1 unspecified atom stereocenters. The molecule has 1 saturated heterocycles. The zero-order valence-electron chi connectivity index (χ0n) is 29.4. The van der Waals surface area contributed by atoms with Crippen LogP contribution in [0.3, 0.4) is 0 Å². The third-order valence-electron chi connectivity index (χ3n) is 9.82. The molecule has 1 fully saturated rings. The van der Waals surface area contributed by atoms with Crippen LogP contribution in [-0.2, 0) is 26.8 Å². The van der Waals surface area contributed by atoms with Crippen LogP contribution in [0, 0.1) is 11.3 Å². The van der Waals surface area contributed by atoms with Crippen molar-refractivity contribution < 1.29 is 27.4 Å². The van der Waals surface area contributed by atoms with Gasteiger partial charge in [-0.2, -0.15) is 5.26 Å². The van der Waals surface area contributed by atoms with Gasteiger partial charge in [0.1, 0.15) is 22.1 Å². The molecular formula is C39H38N6O6S. The SMILES string of the molecule is CCOc1ccc(OC)cc1C1(N2CCN(c3ccnc(CC)c3)CC2)C(=O)N(S(=O)(=O)c2ccc(OC)c3cccnc23)c2ccc(C#N)cc21. The lowest BCUT2D eigenvalue weighted by Crippen LogP contribution is -2.60. The topological polar surface area (TPSA) is 138 Å². The first kappa shape index (κ1) is 34.7. The van der Waals surface area contributed by atoms with E-state index in [1.54, 1.807) is 48.7 Å². The Hall–Kier alpha value is -5.71. The molecule has 1 amide bonds. The number of amides is 1. The number of aryl methyl sites for hydroxylation is 1. The van der Waals surface area contributed by atoms with E-state index in [4.69, 9.17) is 14.2 Å². The van der Waals surface area contributed by atoms with E-state index in [-0.39, 0.29) is 28.3 Å². The molecule has 3 aromatic carbocycles. The van der Waals surface area contributed by atoms with Crippen LogP contribution in [0.15, 0.2) is 90.1 Å². The Kier molecular flexibility index (Phi) is 9.20. The minimum absolute atomic E-state index is 0.137. The normalized spacial score (nSPS) is 17.6. The zero-order valence-corrected chi connectivity index (χ0v) is 30.2. The van der Waals surface area contributed by atoms with Crippen LogP contribution in [0.1, 0.15) is 36.2 Å². The van der Waals surface area contributed by atoms with Crippen molar-refractivity contribution >= 4 is 38.2 Å². The number of anilines is 2. The van der Waals surface area contributed by atoms with Gasteiger partial charge in [-0.1, -0.05) is 6.92 Å². The molecule has 5 aromatic rings. The summed E-state index contributed by atoms with van der Waals surface area (Å²) in [5.74, 6) is 0.569. The molecular weight excluding hydrogens is 681 g/mol. The van der Waals surface area contributed by atoms with Gasteiger partial charge >= 0.3 is 0 Å². The monoisotopic (exact) mass is 718 g/mol. The van der Waals surface area contributed by atoms with Crippen molar-refractivity contribution in [2.45, 2.75) is 30.7 Å². The van der Waals surface area contributed by atoms with Crippen molar-refractivity contribution in [2.24, 2.45) is 0 Å². The summed E-state index contributed by atoms with van der Waals surface area (Å²) in [6.45, 7) is 5.99. The summed E-state index contributed by atoms with van der Waals surface area (Å²) in [5, 5.41) is 10.6. The van der Waals surface area contributed by atoms with Crippen molar-refractivity contribution in [2.75, 3.05) is 56.2 Å². The Morgan fingerprint density at radius 3 is 2.37 bits per heavy atom. The van der Waals surface area contributed by atoms with Gasteiger partial charge < -0.3 is 19.1 Å². The predicted molar refractivity (Wildman–Crippen MR) is 196 cm³/mol. The van der Waals surface area contributed by atoms with Crippen molar-refractivity contribution in [1.29, 1.82) is 5.26 Å². The number of aromatic nitrogens is 2. The predicted octanol–water partition coefficient (Wildman–Crippen LogP) is 5.28. The summed E-state index contributed by atoms with van der Waals surface area (Å²) in [7, 11) is -1.60. The molecule has 0 bridgehead atoms. The van der Waals surface area contributed by atoms with E-state index < -0.39 is 21.5 Å². The molecule has 2 aromatic heterocycles. The summed E-state index contributed by atoms with van der Waals surface area (Å²) in [4.78, 5) is 28.7. The molecule has 13 heteroatoms. The van der Waals surface area contributed by atoms with Crippen LogP contribution < -0.4 is 23.4 Å². The molecule has 0 N–H and O–H groups in total. The number of nitrogens with zero attached hydrogens (tertiary/aromatic N) is 6. The largest absolute Gasteiger partial charge is 0.497 e. The maximum atomic E-state index is 15.7. The molecule has 52 heavy (non-hydrogen) atoms. The molecule has 1 atom stereocenters. The van der Waals surface area contributed by atoms with Crippen LogP contribution in [0.5, 0.6) is 17.2 Å². The van der Waals surface area contributed by atoms with Crippen LogP contribution >= 0.6 is 0 Å². The first-order valence-corrected chi connectivity index (χ1v) is 18.5. The van der Waals surface area contributed by atoms with Crippen molar-refractivity contribution in [1.82, 2.24) is 14.9 Å². The molecule has 4 heterocycles. The van der Waals surface area contributed by atoms with Crippen LogP contribution in [0.4, 0.5) is 11.4 Å². The highest BCUT2D eigenvalue weighted by Gasteiger charge is 2.61. The lowest BCUT2D eigenvalue weighted by atomic mass is 9.80. The zero-order chi connectivity index (χ0) is 36.6. The quantitative estimate of drug-likeness (QED) is 0.186. The molecule has 2 aliphatic rings. The van der Waals surface area contributed by atoms with Crippen molar-refractivity contribution in [3.8, 4) is 23.3 Å². The van der Waals surface area contributed by atoms with Gasteiger partial charge in [0.25, 0.3) is 15.9 Å². The number of hydrogen-bond acceptors (Lipinski definition) is 11. The smallest absolute Gasteiger partial charge is 0.273 e. The molecule has 0 spiro atoms. The Balaban J connectivity index is 1.46. The van der Waals surface area contributed by atoms with E-state index in [1.807, 2.05) is 17.9 Å². The number of rotatable bonds is 10. The molecule has 2 aliphatic heterocycles. The third-order valence-corrected chi connectivity index (χ3v) is 11.5. The summed E-state index contributed by atoms with van der Waals surface area (Å²) < 4.78 is 48.4. The van der Waals surface area contributed by atoms with E-state index in [2.05, 4.69) is 33.9 Å². The van der Waals surface area contributed by atoms with Gasteiger partial charge in [-0.25, -0.2) is 12.7 Å². The number of fused-ring (bicyclic) bond motifs is 2. The van der Waals surface area contributed by atoms with E-state index in [9.17, 15) is 5.26 Å². The van der Waals surface area contributed by atoms with Gasteiger partial charge in [-0.05, 0) is 86.1 Å². The lowest BCUT2D eigenvalue weighted by Gasteiger charge is -2.46. The van der Waals surface area contributed by atoms with Gasteiger partial charge in [0.2, 0.25) is 0 Å². The van der Waals surface area contributed by atoms with E-state index in [1.165, 1.54) is 38.6 Å². The van der Waals surface area contributed by atoms with E-state index >= 15 is 13.2 Å². The Labute approximate surface area is 302 Å². The number of piperazine rings is 1. The number of pyridine rings is 2. The summed E-state index contributed by atoms with van der Waals surface area (Å²) in [6, 6.07) is 22.5. The number of hydrogen-bond donors (Lipinski definition) is 0. The van der Waals surface area contributed by atoms with E-state index in [0.717, 1.165) is 22.1 Å². The fourth-order valence-corrected chi connectivity index (χ4v) is 8.99. The molecule has 266 valence electrons. The number of carbonyl (C=O) groups excluding carboxylic acids is 1. The van der Waals surface area contributed by atoms with Crippen LogP contribution in [0.25, 0.3) is 10.9 Å². The first-order chi connectivity index (χ1) is 25.2. The number of ether oxygens (including phenoxy) is 3. The molecule has 7 rings (SSSR count). The van der Waals surface area contributed by atoms with Gasteiger partial charge in [0, 0.05) is 66.5 Å². The lowest BCUT2D eigenvalue weighted by molar-refractivity contribution is -0.127. The van der Waals surface area contributed by atoms with Gasteiger partial charge in [0.05, 0.1) is 43.7 Å². The third kappa shape index (κ3) is 5.46. The van der Waals surface area contributed by atoms with Crippen molar-refractivity contribution in [3.63, 3.8) is 0 Å². The second kappa shape index (κ2) is 13.8. The minimum atomic E-state index is -4.63. The Bertz CT molecular complexity index is 2340. The van der Waals surface area contributed by atoms with Gasteiger partial charge in [-0.3, -0.25) is 19.7 Å². The second-order valence-electron chi connectivity index (χ2n) is 12.4. The number of sulfonamides is 1.